The molecular formula is C20H28N4OS. The van der Waals surface area contributed by atoms with E-state index in [9.17, 15) is 4.79 Å². The Labute approximate surface area is 160 Å². The van der Waals surface area contributed by atoms with Crippen LogP contribution in [0.1, 0.15) is 40.7 Å². The Morgan fingerprint density at radius 1 is 1.27 bits per heavy atom. The summed E-state index contributed by atoms with van der Waals surface area (Å²) in [6, 6.07) is 12.2. The van der Waals surface area contributed by atoms with E-state index in [1.807, 2.05) is 24.3 Å². The molecule has 2 aromatic rings. The highest BCUT2D eigenvalue weighted by Gasteiger charge is 2.09. The molecule has 5 nitrogen and oxygen atoms in total. The fraction of sp³-hybridized carbons (Fsp3) is 0.400. The predicted octanol–water partition coefficient (Wildman–Crippen LogP) is 3.31. The topological polar surface area (TPSA) is 56.7 Å². The van der Waals surface area contributed by atoms with Crippen LogP contribution in [0.2, 0.25) is 0 Å². The van der Waals surface area contributed by atoms with Crippen LogP contribution < -0.4 is 10.6 Å². The third-order valence-electron chi connectivity index (χ3n) is 3.92. The number of rotatable bonds is 7. The number of amides is 1. The lowest BCUT2D eigenvalue weighted by atomic mass is 10.1. The van der Waals surface area contributed by atoms with Crippen LogP contribution in [0.15, 0.2) is 46.8 Å². The molecule has 0 radical (unpaired) electrons. The molecule has 1 unspecified atom stereocenters. The molecule has 2 N–H and O–H groups in total. The molecule has 1 aromatic heterocycles. The summed E-state index contributed by atoms with van der Waals surface area (Å²) < 4.78 is 0. The summed E-state index contributed by atoms with van der Waals surface area (Å²) in [6.07, 6.45) is 0.790. The first kappa shape index (κ1) is 20.0. The third kappa shape index (κ3) is 5.88. The number of nitrogens with one attached hydrogen (secondary N) is 2. The highest BCUT2D eigenvalue weighted by Crippen LogP contribution is 2.17. The summed E-state index contributed by atoms with van der Waals surface area (Å²) in [5.41, 5.74) is 1.83. The second-order valence-electron chi connectivity index (χ2n) is 6.29. The lowest BCUT2D eigenvalue weighted by molar-refractivity contribution is 0.0827. The predicted molar refractivity (Wildman–Crippen MR) is 110 cm³/mol. The van der Waals surface area contributed by atoms with Gasteiger partial charge in [0.2, 0.25) is 0 Å². The Hall–Kier alpha value is -2.34. The highest BCUT2D eigenvalue weighted by molar-refractivity contribution is 7.10. The first-order valence-corrected chi connectivity index (χ1v) is 9.78. The van der Waals surface area contributed by atoms with Gasteiger partial charge in [0, 0.05) is 37.6 Å². The van der Waals surface area contributed by atoms with E-state index in [4.69, 9.17) is 0 Å². The summed E-state index contributed by atoms with van der Waals surface area (Å²) in [6.45, 7) is 5.67. The molecule has 26 heavy (non-hydrogen) atoms. The van der Waals surface area contributed by atoms with Gasteiger partial charge < -0.3 is 15.5 Å². The van der Waals surface area contributed by atoms with E-state index in [0.717, 1.165) is 24.5 Å². The largest absolute Gasteiger partial charge is 0.357 e. The monoisotopic (exact) mass is 372 g/mol. The molecule has 140 valence electrons. The number of hydrogen-bond donors (Lipinski definition) is 2. The minimum atomic E-state index is 0.0233. The maximum Gasteiger partial charge on any atom is 0.253 e. The van der Waals surface area contributed by atoms with Gasteiger partial charge in [0.25, 0.3) is 5.91 Å². The molecule has 0 aliphatic carbocycles. The maximum absolute atomic E-state index is 12.1. The van der Waals surface area contributed by atoms with Crippen molar-refractivity contribution in [3.8, 4) is 0 Å². The van der Waals surface area contributed by atoms with Gasteiger partial charge in [-0.25, -0.2) is 0 Å². The lowest BCUT2D eigenvalue weighted by Gasteiger charge is -2.16. The SMILES string of the molecule is CCNC(=NCCc1cccc(C(=O)N(C)C)c1)NC(C)c1cccs1. The van der Waals surface area contributed by atoms with Gasteiger partial charge in [-0.3, -0.25) is 9.79 Å². The van der Waals surface area contributed by atoms with E-state index in [-0.39, 0.29) is 11.9 Å². The van der Waals surface area contributed by atoms with Crippen molar-refractivity contribution in [2.24, 2.45) is 4.99 Å². The van der Waals surface area contributed by atoms with Crippen LogP contribution in [0.25, 0.3) is 0 Å². The Kier molecular flexibility index (Phi) is 7.66. The van der Waals surface area contributed by atoms with Crippen LogP contribution in [0.3, 0.4) is 0 Å². The summed E-state index contributed by atoms with van der Waals surface area (Å²) in [5.74, 6) is 0.837. The summed E-state index contributed by atoms with van der Waals surface area (Å²) >= 11 is 1.74. The van der Waals surface area contributed by atoms with Crippen LogP contribution in [0.5, 0.6) is 0 Å². The first-order chi connectivity index (χ1) is 12.5. The van der Waals surface area contributed by atoms with E-state index >= 15 is 0 Å². The zero-order valence-electron chi connectivity index (χ0n) is 16.0. The third-order valence-corrected chi connectivity index (χ3v) is 4.97. The number of carbonyl (C=O) groups excluding carboxylic acids is 1. The number of carbonyl (C=O) groups is 1. The van der Waals surface area contributed by atoms with Gasteiger partial charge in [0.15, 0.2) is 5.96 Å². The molecule has 0 saturated carbocycles. The molecule has 6 heteroatoms. The van der Waals surface area contributed by atoms with Crippen LogP contribution >= 0.6 is 11.3 Å². The average molecular weight is 373 g/mol. The molecule has 1 aromatic carbocycles. The summed E-state index contributed by atoms with van der Waals surface area (Å²) in [7, 11) is 3.53. The van der Waals surface area contributed by atoms with E-state index in [2.05, 4.69) is 47.0 Å². The van der Waals surface area contributed by atoms with Crippen molar-refractivity contribution in [3.05, 3.63) is 57.8 Å². The van der Waals surface area contributed by atoms with E-state index in [0.29, 0.717) is 12.1 Å². The molecule has 1 heterocycles. The lowest BCUT2D eigenvalue weighted by Crippen LogP contribution is -2.38. The number of thiophene rings is 1. The zero-order valence-corrected chi connectivity index (χ0v) is 16.8. The first-order valence-electron chi connectivity index (χ1n) is 8.90. The smallest absolute Gasteiger partial charge is 0.253 e. The van der Waals surface area contributed by atoms with E-state index in [1.165, 1.54) is 4.88 Å². The number of aliphatic imine (C=N–C) groups is 1. The second-order valence-corrected chi connectivity index (χ2v) is 7.27. The zero-order chi connectivity index (χ0) is 18.9. The Morgan fingerprint density at radius 3 is 2.73 bits per heavy atom. The van der Waals surface area contributed by atoms with E-state index < -0.39 is 0 Å². The minimum absolute atomic E-state index is 0.0233. The standard InChI is InChI=1S/C20H28N4OS/c1-5-21-20(23-15(2)18-10-7-13-26-18)22-12-11-16-8-6-9-17(14-16)19(25)24(3)4/h6-10,13-15H,5,11-12H2,1-4H3,(H2,21,22,23). The fourth-order valence-electron chi connectivity index (χ4n) is 2.55. The van der Waals surface area contributed by atoms with Crippen molar-refractivity contribution < 1.29 is 4.79 Å². The number of benzene rings is 1. The Morgan fingerprint density at radius 2 is 2.08 bits per heavy atom. The molecular weight excluding hydrogens is 344 g/mol. The molecule has 0 bridgehead atoms. The highest BCUT2D eigenvalue weighted by atomic mass is 32.1. The van der Waals surface area contributed by atoms with Gasteiger partial charge in [-0.2, -0.15) is 0 Å². The summed E-state index contributed by atoms with van der Waals surface area (Å²) in [4.78, 5) is 19.6. The molecule has 0 spiro atoms. The Bertz CT molecular complexity index is 725. The van der Waals surface area contributed by atoms with Gasteiger partial charge in [0.1, 0.15) is 0 Å². The van der Waals surface area contributed by atoms with E-state index in [1.54, 1.807) is 30.3 Å². The summed E-state index contributed by atoms with van der Waals surface area (Å²) in [5, 5.41) is 8.81. The van der Waals surface area contributed by atoms with Gasteiger partial charge >= 0.3 is 0 Å². The van der Waals surface area contributed by atoms with Crippen LogP contribution in [0.4, 0.5) is 0 Å². The van der Waals surface area contributed by atoms with Gasteiger partial charge in [-0.05, 0) is 49.4 Å². The quantitative estimate of drug-likeness (QED) is 0.579. The number of nitrogens with zero attached hydrogens (tertiary/aromatic N) is 2. The van der Waals surface area contributed by atoms with Crippen molar-refractivity contribution in [2.75, 3.05) is 27.2 Å². The van der Waals surface area contributed by atoms with Crippen molar-refractivity contribution in [3.63, 3.8) is 0 Å². The second kappa shape index (κ2) is 9.97. The molecule has 0 saturated heterocycles. The fourth-order valence-corrected chi connectivity index (χ4v) is 3.28. The molecule has 2 rings (SSSR count). The van der Waals surface area contributed by atoms with Crippen LogP contribution in [0, 0.1) is 0 Å². The average Bonchev–Trinajstić information content (AvgIpc) is 3.16. The number of guanidine groups is 1. The molecule has 1 atom stereocenters. The van der Waals surface area contributed by atoms with Crippen molar-refractivity contribution in [1.82, 2.24) is 15.5 Å². The number of hydrogen-bond acceptors (Lipinski definition) is 3. The molecule has 1 amide bonds. The Balaban J connectivity index is 1.97. The van der Waals surface area contributed by atoms with Crippen LogP contribution in [-0.2, 0) is 6.42 Å². The van der Waals surface area contributed by atoms with Gasteiger partial charge in [-0.15, -0.1) is 11.3 Å². The van der Waals surface area contributed by atoms with Crippen molar-refractivity contribution in [1.29, 1.82) is 0 Å². The molecule has 0 aliphatic rings. The maximum atomic E-state index is 12.1. The van der Waals surface area contributed by atoms with Crippen molar-refractivity contribution >= 4 is 23.2 Å². The van der Waals surface area contributed by atoms with Gasteiger partial charge in [0.05, 0.1) is 6.04 Å². The normalized spacial score (nSPS) is 12.5. The van der Waals surface area contributed by atoms with Crippen LogP contribution in [-0.4, -0.2) is 44.0 Å². The van der Waals surface area contributed by atoms with Gasteiger partial charge in [-0.1, -0.05) is 18.2 Å². The molecule has 0 fully saturated rings. The minimum Gasteiger partial charge on any atom is -0.357 e. The molecule has 0 aliphatic heterocycles. The van der Waals surface area contributed by atoms with Crippen molar-refractivity contribution in [2.45, 2.75) is 26.3 Å².